The van der Waals surface area contributed by atoms with E-state index in [1.165, 1.54) is 57.8 Å². The maximum atomic E-state index is 12.6. The van der Waals surface area contributed by atoms with Crippen LogP contribution in [0.1, 0.15) is 155 Å². The van der Waals surface area contributed by atoms with Crippen LogP contribution in [-0.2, 0) is 32.7 Å². The van der Waals surface area contributed by atoms with Gasteiger partial charge in [-0.2, -0.15) is 0 Å². The van der Waals surface area contributed by atoms with Crippen LogP contribution in [0.2, 0.25) is 0 Å². The largest absolute Gasteiger partial charge is 0.756 e. The lowest BCUT2D eigenvalue weighted by molar-refractivity contribution is -0.870. The Bertz CT molecular complexity index is 1080. The molecular weight excluding hydrogens is 705 g/mol. The normalized spacial score (nSPS) is 14.7. The summed E-state index contributed by atoms with van der Waals surface area (Å²) in [6.45, 7) is 3.97. The molecule has 0 fully saturated rings. The maximum Gasteiger partial charge on any atom is 0.306 e. The van der Waals surface area contributed by atoms with Crippen molar-refractivity contribution in [2.24, 2.45) is 0 Å². The van der Waals surface area contributed by atoms with Crippen LogP contribution in [0.3, 0.4) is 0 Å². The zero-order valence-electron chi connectivity index (χ0n) is 34.8. The quantitative estimate of drug-likeness (QED) is 0.0215. The van der Waals surface area contributed by atoms with Gasteiger partial charge in [0.15, 0.2) is 6.10 Å². The fourth-order valence-electron chi connectivity index (χ4n) is 5.31. The number of ether oxygens (including phenoxy) is 2. The van der Waals surface area contributed by atoms with Gasteiger partial charge in [-0.25, -0.2) is 0 Å². The zero-order chi connectivity index (χ0) is 40.2. The fourth-order valence-corrected chi connectivity index (χ4v) is 6.04. The van der Waals surface area contributed by atoms with Crippen LogP contribution in [0.5, 0.6) is 0 Å². The van der Waals surface area contributed by atoms with E-state index in [-0.39, 0.29) is 32.2 Å². The predicted molar refractivity (Wildman–Crippen MR) is 219 cm³/mol. The van der Waals surface area contributed by atoms with Gasteiger partial charge in [-0.1, -0.05) is 146 Å². The van der Waals surface area contributed by atoms with E-state index in [1.807, 2.05) is 45.4 Å². The van der Waals surface area contributed by atoms with E-state index in [9.17, 15) is 24.2 Å². The Hall–Kier alpha value is -2.07. The molecule has 10 nitrogen and oxygen atoms in total. The highest BCUT2D eigenvalue weighted by molar-refractivity contribution is 7.45. The number of rotatable bonds is 37. The molecule has 0 aliphatic heterocycles. The Morgan fingerprint density at radius 1 is 0.667 bits per heavy atom. The molecule has 0 aliphatic carbocycles. The highest BCUT2D eigenvalue weighted by atomic mass is 31.2. The van der Waals surface area contributed by atoms with Crippen molar-refractivity contribution in [3.63, 3.8) is 0 Å². The Balaban J connectivity index is 4.53. The Morgan fingerprint density at radius 2 is 1.19 bits per heavy atom. The van der Waals surface area contributed by atoms with Crippen molar-refractivity contribution in [3.8, 4) is 0 Å². The van der Waals surface area contributed by atoms with E-state index in [0.29, 0.717) is 23.9 Å². The highest BCUT2D eigenvalue weighted by Gasteiger charge is 2.21. The summed E-state index contributed by atoms with van der Waals surface area (Å²) >= 11 is 0. The lowest BCUT2D eigenvalue weighted by Crippen LogP contribution is -2.37. The molecule has 0 heterocycles. The number of allylic oxidation sites excluding steroid dienone is 7. The van der Waals surface area contributed by atoms with Crippen LogP contribution < -0.4 is 4.89 Å². The third-order valence-corrected chi connectivity index (χ3v) is 9.64. The summed E-state index contributed by atoms with van der Waals surface area (Å²) in [5.74, 6) is -0.924. The van der Waals surface area contributed by atoms with Gasteiger partial charge in [-0.15, -0.1) is 0 Å². The molecule has 1 N–H and O–H groups in total. The molecule has 1 unspecified atom stereocenters. The van der Waals surface area contributed by atoms with Crippen molar-refractivity contribution < 1.29 is 47.2 Å². The van der Waals surface area contributed by atoms with Crippen LogP contribution in [-0.4, -0.2) is 81.2 Å². The topological polar surface area (TPSA) is 131 Å². The summed E-state index contributed by atoms with van der Waals surface area (Å²) in [4.78, 5) is 37.4. The molecule has 0 bridgehead atoms. The molecule has 0 aliphatic rings. The minimum absolute atomic E-state index is 0.0489. The average Bonchev–Trinajstić information content (AvgIpc) is 3.11. The molecule has 314 valence electrons. The Labute approximate surface area is 329 Å². The van der Waals surface area contributed by atoms with E-state index in [1.54, 1.807) is 0 Å². The lowest BCUT2D eigenvalue weighted by atomic mass is 10.0. The second-order valence-electron chi connectivity index (χ2n) is 15.2. The van der Waals surface area contributed by atoms with E-state index in [2.05, 4.69) is 38.2 Å². The minimum Gasteiger partial charge on any atom is -0.756 e. The number of phosphoric acid groups is 1. The molecule has 3 atom stereocenters. The van der Waals surface area contributed by atoms with Crippen molar-refractivity contribution in [2.45, 2.75) is 167 Å². The van der Waals surface area contributed by atoms with E-state index in [4.69, 9.17) is 18.5 Å². The van der Waals surface area contributed by atoms with Gasteiger partial charge in [-0.3, -0.25) is 14.2 Å². The van der Waals surface area contributed by atoms with Crippen LogP contribution in [0.15, 0.2) is 48.6 Å². The number of likely N-dealkylation sites (N-methyl/N-ethyl adjacent to an activating group) is 1. The van der Waals surface area contributed by atoms with Crippen LogP contribution in [0, 0.1) is 0 Å². The molecule has 0 aromatic carbocycles. The van der Waals surface area contributed by atoms with Crippen molar-refractivity contribution in [1.82, 2.24) is 0 Å². The number of quaternary nitrogens is 1. The Morgan fingerprint density at radius 3 is 1.76 bits per heavy atom. The summed E-state index contributed by atoms with van der Waals surface area (Å²) in [6, 6.07) is 0. The molecule has 54 heavy (non-hydrogen) atoms. The predicted octanol–water partition coefficient (Wildman–Crippen LogP) is 9.86. The number of aliphatic hydroxyl groups is 1. The lowest BCUT2D eigenvalue weighted by Gasteiger charge is -2.28. The first-order valence-corrected chi connectivity index (χ1v) is 22.4. The molecular formula is C43H78NO9P. The van der Waals surface area contributed by atoms with Gasteiger partial charge in [0, 0.05) is 12.8 Å². The average molecular weight is 784 g/mol. The zero-order valence-corrected chi connectivity index (χ0v) is 35.7. The summed E-state index contributed by atoms with van der Waals surface area (Å²) in [6.07, 6.45) is 36.2. The SMILES string of the molecule is CCCCCCCCCCCCCCC(=O)OC[C@H](COP(=O)([O-])OCC[N+](C)(C)C)OC(=O)CCC/C=C\C/C=C\C/C=C\C/C=C\[C@H](O)CCCC. The van der Waals surface area contributed by atoms with Gasteiger partial charge in [-0.05, 0) is 44.9 Å². The number of unbranched alkanes of at least 4 members (excludes halogenated alkanes) is 13. The standard InChI is InChI=1S/C43H78NO9P/c1-6-8-10-11-12-13-14-18-21-24-27-30-34-42(46)50-38-41(39-52-54(48,49)51-37-36-44(3,4)5)53-43(47)35-31-28-25-22-19-16-15-17-20-23-26-29-33-40(45)32-9-7-2/h15-16,20,22-23,25,29,33,40-41,45H,6-14,17-19,21,24,26-28,30-32,34-39H2,1-5H3/b16-15-,23-20-,25-22-,33-29-/t40-,41-/m1/s1. The van der Waals surface area contributed by atoms with Crippen LogP contribution in [0.25, 0.3) is 0 Å². The first kappa shape index (κ1) is 51.9. The number of hydrogen-bond acceptors (Lipinski definition) is 9. The second kappa shape index (κ2) is 35.4. The number of hydrogen-bond donors (Lipinski definition) is 1. The van der Waals surface area contributed by atoms with Crippen LogP contribution >= 0.6 is 7.82 Å². The molecule has 0 saturated carbocycles. The van der Waals surface area contributed by atoms with Crippen molar-refractivity contribution in [2.75, 3.05) is 47.5 Å². The third kappa shape index (κ3) is 38.2. The van der Waals surface area contributed by atoms with Gasteiger partial charge < -0.3 is 33.0 Å². The number of aliphatic hydroxyl groups excluding tert-OH is 1. The summed E-state index contributed by atoms with van der Waals surface area (Å²) < 4.78 is 33.7. The molecule has 11 heteroatoms. The van der Waals surface area contributed by atoms with E-state index < -0.39 is 32.5 Å². The number of carbonyl (C=O) groups is 2. The first-order chi connectivity index (χ1) is 25.9. The maximum absolute atomic E-state index is 12.6. The summed E-state index contributed by atoms with van der Waals surface area (Å²) in [5.41, 5.74) is 0. The molecule has 0 spiro atoms. The number of phosphoric ester groups is 1. The van der Waals surface area contributed by atoms with Crippen molar-refractivity contribution >= 4 is 19.8 Å². The monoisotopic (exact) mass is 784 g/mol. The smallest absolute Gasteiger partial charge is 0.306 e. The summed E-state index contributed by atoms with van der Waals surface area (Å²) in [7, 11) is 1.10. The molecule has 0 radical (unpaired) electrons. The first-order valence-electron chi connectivity index (χ1n) is 20.9. The van der Waals surface area contributed by atoms with E-state index in [0.717, 1.165) is 57.8 Å². The van der Waals surface area contributed by atoms with Gasteiger partial charge >= 0.3 is 11.9 Å². The minimum atomic E-state index is -4.64. The van der Waals surface area contributed by atoms with Gasteiger partial charge in [0.05, 0.1) is 33.9 Å². The molecule has 0 rings (SSSR count). The summed E-state index contributed by atoms with van der Waals surface area (Å²) in [5, 5.41) is 9.81. The number of carbonyl (C=O) groups excluding carboxylic acids is 2. The fraction of sp³-hybridized carbons (Fsp3) is 0.767. The van der Waals surface area contributed by atoms with Crippen LogP contribution in [0.4, 0.5) is 0 Å². The molecule has 0 aromatic rings. The van der Waals surface area contributed by atoms with Gasteiger partial charge in [0.2, 0.25) is 0 Å². The van der Waals surface area contributed by atoms with Gasteiger partial charge in [0.25, 0.3) is 7.82 Å². The van der Waals surface area contributed by atoms with Crippen molar-refractivity contribution in [1.29, 1.82) is 0 Å². The highest BCUT2D eigenvalue weighted by Crippen LogP contribution is 2.38. The molecule has 0 aromatic heterocycles. The molecule has 0 saturated heterocycles. The second-order valence-corrected chi connectivity index (χ2v) is 16.6. The Kier molecular flexibility index (Phi) is 34.0. The van der Waals surface area contributed by atoms with Crippen molar-refractivity contribution in [3.05, 3.63) is 48.6 Å². The number of esters is 2. The molecule has 0 amide bonds. The van der Waals surface area contributed by atoms with Gasteiger partial charge in [0.1, 0.15) is 19.8 Å². The van der Waals surface area contributed by atoms with E-state index >= 15 is 0 Å². The number of nitrogens with zero attached hydrogens (tertiary/aromatic N) is 1. The third-order valence-electron chi connectivity index (χ3n) is 8.67.